The average Bonchev–Trinajstić information content (AvgIpc) is 3.78. The highest BCUT2D eigenvalue weighted by atomic mass is 32.1. The largest absolute Gasteiger partial charge is 0.208 e. The summed E-state index contributed by atoms with van der Waals surface area (Å²) in [5, 5.41) is 12.0. The highest BCUT2D eigenvalue weighted by molar-refractivity contribution is 7.26. The van der Waals surface area contributed by atoms with Gasteiger partial charge in [0.1, 0.15) is 0 Å². The maximum atomic E-state index is 9.67. The predicted molar refractivity (Wildman–Crippen MR) is 303 cm³/mol. The van der Waals surface area contributed by atoms with E-state index >= 15 is 0 Å². The van der Waals surface area contributed by atoms with Crippen molar-refractivity contribution in [3.63, 3.8) is 0 Å². The van der Waals surface area contributed by atoms with Gasteiger partial charge in [-0.15, -0.1) is 11.3 Å². The molecule has 0 spiro atoms. The van der Waals surface area contributed by atoms with Gasteiger partial charge in [0.2, 0.25) is 0 Å². The first-order valence-corrected chi connectivity index (χ1v) is 28.0. The van der Waals surface area contributed by atoms with Gasteiger partial charge in [-0.05, 0) is 173 Å². The molecule has 4 saturated carbocycles. The Labute approximate surface area is 435 Å². The molecule has 4 bridgehead atoms. The maximum absolute atomic E-state index is 9.67. The second-order valence-electron chi connectivity index (χ2n) is 23.6. The van der Waals surface area contributed by atoms with Gasteiger partial charge in [0, 0.05) is 36.9 Å². The molecule has 2 unspecified atom stereocenters. The number of hydrogen-bond acceptors (Lipinski definition) is 5. The predicted octanol–water partition coefficient (Wildman–Crippen LogP) is 18.3. The third kappa shape index (κ3) is 8.41. The Bertz CT molecular complexity index is 3390. The van der Waals surface area contributed by atoms with Crippen molar-refractivity contribution in [3.05, 3.63) is 174 Å². The first kappa shape index (κ1) is 46.1. The quantitative estimate of drug-likeness (QED) is 0.152. The molecular formula is C68H64N4S. The minimum absolute atomic E-state index is 0.275. The molecule has 8 atom stereocenters. The van der Waals surface area contributed by atoms with Crippen molar-refractivity contribution in [1.82, 2.24) is 15.0 Å². The van der Waals surface area contributed by atoms with Crippen molar-refractivity contribution in [2.75, 3.05) is 0 Å². The summed E-state index contributed by atoms with van der Waals surface area (Å²) < 4.78 is 2.40. The molecule has 2 aromatic heterocycles. The van der Waals surface area contributed by atoms with E-state index in [4.69, 9.17) is 15.0 Å². The topological polar surface area (TPSA) is 62.5 Å². The van der Waals surface area contributed by atoms with Gasteiger partial charge in [-0.25, -0.2) is 15.0 Å². The number of hydrogen-bond donors (Lipinski definition) is 0. The molecule has 0 radical (unpaired) electrons. The molecule has 0 amide bonds. The standard InChI is InChI=1S/C68H64N4S/c1-42-30-47-31-43(2)36-67(35-42,39-47)53-25-21-49(22-26-53)55-10-5-7-12-59(55)65-70-64(52-19-17-51(18-20-52)57-14-9-15-58-61-34-46(41-69)16-29-62(61)73-63(57)58)71-66(72-65)60-13-8-6-11-56(60)50-23-27-54(28-24-50)68-37-44(3)32-48(40-68)33-45(4)38-68/h5-29,34,42-45,47-48H,30-33,35-40H2,1-4H3/t42-,43+,44-,45+,47-,48-,67?,68?. The fourth-order valence-electron chi connectivity index (χ4n) is 15.6. The Balaban J connectivity index is 0.905. The lowest BCUT2D eigenvalue weighted by atomic mass is 9.54. The lowest BCUT2D eigenvalue weighted by Gasteiger charge is -2.50. The molecule has 0 saturated heterocycles. The van der Waals surface area contributed by atoms with Gasteiger partial charge in [-0.2, -0.15) is 5.26 Å². The SMILES string of the molecule is C[C@@H]1C[C@@H]2C[C@H](C)CC(c3ccc(-c4ccccc4-c4nc(-c5ccc(-c6cccc7c6sc6ccc(C#N)cc67)cc5)nc(-c5ccccc5-c5ccc(C67C[C@H](C)C[C@H](C[C@H](C)C6)C7)cc5)n4)cc3)(C1)C2. The minimum Gasteiger partial charge on any atom is -0.208 e. The van der Waals surface area contributed by atoms with Crippen LogP contribution in [0.3, 0.4) is 0 Å². The van der Waals surface area contributed by atoms with Crippen LogP contribution in [-0.4, -0.2) is 15.0 Å². The molecule has 2 heterocycles. The van der Waals surface area contributed by atoms with Crippen LogP contribution in [0.5, 0.6) is 0 Å². The smallest absolute Gasteiger partial charge is 0.164 e. The van der Waals surface area contributed by atoms with E-state index in [-0.39, 0.29) is 10.8 Å². The second kappa shape index (κ2) is 18.3. The van der Waals surface area contributed by atoms with E-state index in [0.717, 1.165) is 74.3 Å². The van der Waals surface area contributed by atoms with Crippen LogP contribution in [0.15, 0.2) is 158 Å². The van der Waals surface area contributed by atoms with Crippen LogP contribution in [0, 0.1) is 46.8 Å². The summed E-state index contributed by atoms with van der Waals surface area (Å²) in [6.07, 6.45) is 13.3. The highest BCUT2D eigenvalue weighted by Gasteiger charge is 2.46. The van der Waals surface area contributed by atoms with Gasteiger partial charge in [0.25, 0.3) is 0 Å². The number of fused-ring (bicyclic) bond motifs is 7. The Morgan fingerprint density at radius 3 is 1.34 bits per heavy atom. The zero-order chi connectivity index (χ0) is 49.4. The summed E-state index contributed by atoms with van der Waals surface area (Å²) in [7, 11) is 0. The Kier molecular flexibility index (Phi) is 11.6. The number of aromatic nitrogens is 3. The van der Waals surface area contributed by atoms with E-state index in [1.54, 1.807) is 11.3 Å². The van der Waals surface area contributed by atoms with E-state index in [1.807, 2.05) is 12.1 Å². The van der Waals surface area contributed by atoms with Crippen LogP contribution in [0.4, 0.5) is 0 Å². The normalized spacial score (nSPS) is 25.6. The molecule has 4 aliphatic rings. The van der Waals surface area contributed by atoms with Gasteiger partial charge in [-0.1, -0.05) is 167 Å². The first-order chi connectivity index (χ1) is 35.6. The zero-order valence-electron chi connectivity index (χ0n) is 42.7. The molecular weight excluding hydrogens is 905 g/mol. The maximum Gasteiger partial charge on any atom is 0.164 e. The number of benzene rings is 7. The average molecular weight is 969 g/mol. The lowest BCUT2D eigenvalue weighted by Crippen LogP contribution is -2.42. The van der Waals surface area contributed by atoms with E-state index in [2.05, 4.69) is 179 Å². The number of thiophene rings is 1. The molecule has 362 valence electrons. The lowest BCUT2D eigenvalue weighted by molar-refractivity contribution is 0.0779. The van der Waals surface area contributed by atoms with Crippen LogP contribution in [-0.2, 0) is 10.8 Å². The third-order valence-corrected chi connectivity index (χ3v) is 19.1. The molecule has 7 aromatic carbocycles. The molecule has 4 aliphatic carbocycles. The van der Waals surface area contributed by atoms with Crippen LogP contribution in [0.2, 0.25) is 0 Å². The second-order valence-corrected chi connectivity index (χ2v) is 24.7. The summed E-state index contributed by atoms with van der Waals surface area (Å²) in [5.74, 6) is 6.71. The number of nitrogens with zero attached hydrogens (tertiary/aromatic N) is 4. The summed E-state index contributed by atoms with van der Waals surface area (Å²) in [6.45, 7) is 9.90. The summed E-state index contributed by atoms with van der Waals surface area (Å²) >= 11 is 1.78. The van der Waals surface area contributed by atoms with E-state index in [1.165, 1.54) is 107 Å². The zero-order valence-corrected chi connectivity index (χ0v) is 43.6. The van der Waals surface area contributed by atoms with E-state index < -0.39 is 0 Å². The van der Waals surface area contributed by atoms with Crippen LogP contribution >= 0.6 is 11.3 Å². The molecule has 0 aliphatic heterocycles. The summed E-state index contributed by atoms with van der Waals surface area (Å²) in [6, 6.07) is 60.1. The molecule has 0 N–H and O–H groups in total. The van der Waals surface area contributed by atoms with Crippen molar-refractivity contribution in [3.8, 4) is 73.6 Å². The number of rotatable bonds is 8. The summed E-state index contributed by atoms with van der Waals surface area (Å²) in [5.41, 5.74) is 14.1. The van der Waals surface area contributed by atoms with Gasteiger partial charge in [0.15, 0.2) is 17.5 Å². The molecule has 73 heavy (non-hydrogen) atoms. The van der Waals surface area contributed by atoms with Crippen LogP contribution in [0.25, 0.3) is 87.7 Å². The fraction of sp³-hybridized carbons (Fsp3) is 0.324. The minimum atomic E-state index is 0.275. The molecule has 5 heteroatoms. The highest BCUT2D eigenvalue weighted by Crippen LogP contribution is 2.56. The van der Waals surface area contributed by atoms with Crippen LogP contribution < -0.4 is 0 Å². The van der Waals surface area contributed by atoms with Gasteiger partial charge >= 0.3 is 0 Å². The molecule has 13 rings (SSSR count). The van der Waals surface area contributed by atoms with E-state index in [9.17, 15) is 5.26 Å². The Hall–Kier alpha value is -6.74. The van der Waals surface area contributed by atoms with Crippen molar-refractivity contribution in [2.24, 2.45) is 35.5 Å². The monoisotopic (exact) mass is 968 g/mol. The molecule has 4 nitrogen and oxygen atoms in total. The van der Waals surface area contributed by atoms with Gasteiger partial charge in [-0.3, -0.25) is 0 Å². The summed E-state index contributed by atoms with van der Waals surface area (Å²) in [4.78, 5) is 16.2. The van der Waals surface area contributed by atoms with Crippen molar-refractivity contribution >= 4 is 31.5 Å². The Morgan fingerprint density at radius 1 is 0.425 bits per heavy atom. The van der Waals surface area contributed by atoms with Crippen molar-refractivity contribution < 1.29 is 0 Å². The molecule has 4 fully saturated rings. The fourth-order valence-corrected chi connectivity index (χ4v) is 16.8. The van der Waals surface area contributed by atoms with Gasteiger partial charge < -0.3 is 0 Å². The van der Waals surface area contributed by atoms with Crippen LogP contribution in [0.1, 0.15) is 109 Å². The third-order valence-electron chi connectivity index (χ3n) is 17.9. The number of nitriles is 1. The Morgan fingerprint density at radius 2 is 0.849 bits per heavy atom. The molecule has 9 aromatic rings. The van der Waals surface area contributed by atoms with Gasteiger partial charge in [0.05, 0.1) is 11.6 Å². The van der Waals surface area contributed by atoms with E-state index in [0.29, 0.717) is 23.0 Å². The van der Waals surface area contributed by atoms with Crippen molar-refractivity contribution in [1.29, 1.82) is 5.26 Å². The van der Waals surface area contributed by atoms with Crippen molar-refractivity contribution in [2.45, 2.75) is 103 Å². The first-order valence-electron chi connectivity index (χ1n) is 27.2.